The predicted molar refractivity (Wildman–Crippen MR) is 93.7 cm³/mol. The maximum absolute atomic E-state index is 12.2. The van der Waals surface area contributed by atoms with Crippen molar-refractivity contribution in [2.75, 3.05) is 5.75 Å². The lowest BCUT2D eigenvalue weighted by Gasteiger charge is -2.29. The first-order chi connectivity index (χ1) is 11.6. The summed E-state index contributed by atoms with van der Waals surface area (Å²) in [6.07, 6.45) is 6.42. The van der Waals surface area contributed by atoms with E-state index in [0.29, 0.717) is 17.7 Å². The molecule has 0 aliphatic heterocycles. The average molecular weight is 348 g/mol. The van der Waals surface area contributed by atoms with Crippen LogP contribution in [0.4, 0.5) is 0 Å². The van der Waals surface area contributed by atoms with Gasteiger partial charge >= 0.3 is 0 Å². The minimum atomic E-state index is 0.0720. The van der Waals surface area contributed by atoms with E-state index in [1.807, 2.05) is 24.6 Å². The topological polar surface area (TPSA) is 72.9 Å². The number of hydrogen-bond acceptors (Lipinski definition) is 5. The molecule has 2 aromatic heterocycles. The maximum atomic E-state index is 12.2. The van der Waals surface area contributed by atoms with E-state index < -0.39 is 0 Å². The highest BCUT2D eigenvalue weighted by molar-refractivity contribution is 7.99. The van der Waals surface area contributed by atoms with Crippen LogP contribution in [0.1, 0.15) is 38.4 Å². The number of hydrogen-bond donors (Lipinski definition) is 1. The Kier molecular flexibility index (Phi) is 5.28. The van der Waals surface area contributed by atoms with Crippen LogP contribution in [0.5, 0.6) is 0 Å². The van der Waals surface area contributed by atoms with Gasteiger partial charge in [0.1, 0.15) is 5.76 Å². The Labute approximate surface area is 146 Å². The number of carbonyl (C=O) groups is 1. The average Bonchev–Trinajstić information content (AvgIpc) is 3.13. The molecule has 2 atom stereocenters. The maximum Gasteiger partial charge on any atom is 0.230 e. The summed E-state index contributed by atoms with van der Waals surface area (Å²) in [5, 5.41) is 12.3. The summed E-state index contributed by atoms with van der Waals surface area (Å²) >= 11 is 1.42. The molecule has 0 unspecified atom stereocenters. The van der Waals surface area contributed by atoms with Gasteiger partial charge in [0.25, 0.3) is 0 Å². The third kappa shape index (κ3) is 3.66. The van der Waals surface area contributed by atoms with Gasteiger partial charge in [0.15, 0.2) is 11.0 Å². The zero-order valence-corrected chi connectivity index (χ0v) is 15.2. The summed E-state index contributed by atoms with van der Waals surface area (Å²) in [6.45, 7) is 4.12. The van der Waals surface area contributed by atoms with Crippen LogP contribution >= 0.6 is 11.8 Å². The molecule has 0 radical (unpaired) electrons. The Morgan fingerprint density at radius 1 is 1.42 bits per heavy atom. The van der Waals surface area contributed by atoms with Crippen molar-refractivity contribution in [2.24, 2.45) is 13.0 Å². The third-order valence-corrected chi connectivity index (χ3v) is 5.75. The van der Waals surface area contributed by atoms with Crippen LogP contribution in [0.2, 0.25) is 0 Å². The summed E-state index contributed by atoms with van der Waals surface area (Å²) in [4.78, 5) is 12.2. The van der Waals surface area contributed by atoms with Crippen LogP contribution in [0.25, 0.3) is 11.4 Å². The molecule has 1 N–H and O–H groups in total. The summed E-state index contributed by atoms with van der Waals surface area (Å²) in [6, 6.07) is 2.20. The van der Waals surface area contributed by atoms with E-state index in [2.05, 4.69) is 22.4 Å². The number of aryl methyl sites for hydroxylation is 1. The number of furan rings is 1. The second kappa shape index (κ2) is 7.42. The van der Waals surface area contributed by atoms with Crippen LogP contribution in [0.3, 0.4) is 0 Å². The summed E-state index contributed by atoms with van der Waals surface area (Å²) < 4.78 is 7.23. The standard InChI is InChI=1S/C17H24N4O2S/c1-11-6-4-5-7-14(11)18-15(22)10-24-17-20-19-16(21(17)3)13-8-9-23-12(13)2/h8-9,11,14H,4-7,10H2,1-3H3,(H,18,22)/t11-,14-/m0/s1. The van der Waals surface area contributed by atoms with Crippen molar-refractivity contribution in [3.05, 3.63) is 18.1 Å². The van der Waals surface area contributed by atoms with Crippen molar-refractivity contribution in [3.63, 3.8) is 0 Å². The van der Waals surface area contributed by atoms with Gasteiger partial charge in [-0.05, 0) is 31.7 Å². The first-order valence-corrected chi connectivity index (χ1v) is 9.41. The fraction of sp³-hybridized carbons (Fsp3) is 0.588. The smallest absolute Gasteiger partial charge is 0.230 e. The van der Waals surface area contributed by atoms with Crippen LogP contribution in [0, 0.1) is 12.8 Å². The van der Waals surface area contributed by atoms with E-state index in [9.17, 15) is 4.79 Å². The number of nitrogens with zero attached hydrogens (tertiary/aromatic N) is 3. The lowest BCUT2D eigenvalue weighted by molar-refractivity contribution is -0.119. The fourth-order valence-corrected chi connectivity index (χ4v) is 3.92. The van der Waals surface area contributed by atoms with E-state index in [1.54, 1.807) is 6.26 Å². The Morgan fingerprint density at radius 2 is 2.21 bits per heavy atom. The minimum absolute atomic E-state index is 0.0720. The number of carbonyl (C=O) groups excluding carboxylic acids is 1. The van der Waals surface area contributed by atoms with Crippen LogP contribution in [-0.4, -0.2) is 32.5 Å². The summed E-state index contributed by atoms with van der Waals surface area (Å²) in [5.41, 5.74) is 0.928. The molecular weight excluding hydrogens is 324 g/mol. The van der Waals surface area contributed by atoms with E-state index in [0.717, 1.165) is 28.7 Å². The van der Waals surface area contributed by atoms with Gasteiger partial charge in [-0.1, -0.05) is 31.5 Å². The summed E-state index contributed by atoms with van der Waals surface area (Å²) in [5.74, 6) is 2.57. The molecule has 2 aromatic rings. The number of thioether (sulfide) groups is 1. The van der Waals surface area contributed by atoms with E-state index in [-0.39, 0.29) is 5.91 Å². The molecule has 0 bridgehead atoms. The normalized spacial score (nSPS) is 21.0. The summed E-state index contributed by atoms with van der Waals surface area (Å²) in [7, 11) is 1.91. The molecule has 0 saturated heterocycles. The Balaban J connectivity index is 1.58. The van der Waals surface area contributed by atoms with E-state index in [4.69, 9.17) is 4.42 Å². The first-order valence-electron chi connectivity index (χ1n) is 8.42. The first kappa shape index (κ1) is 17.1. The molecule has 3 rings (SSSR count). The molecule has 2 heterocycles. The van der Waals surface area contributed by atoms with Gasteiger partial charge in [-0.25, -0.2) is 0 Å². The van der Waals surface area contributed by atoms with Gasteiger partial charge in [0.2, 0.25) is 5.91 Å². The van der Waals surface area contributed by atoms with Gasteiger partial charge in [0.05, 0.1) is 17.6 Å². The molecule has 7 heteroatoms. The second-order valence-electron chi connectivity index (χ2n) is 6.48. The van der Waals surface area contributed by atoms with Crippen LogP contribution < -0.4 is 5.32 Å². The predicted octanol–water partition coefficient (Wildman–Crippen LogP) is 3.17. The Hall–Kier alpha value is -1.76. The number of nitrogens with one attached hydrogen (secondary N) is 1. The van der Waals surface area contributed by atoms with Gasteiger partial charge in [-0.3, -0.25) is 4.79 Å². The molecule has 1 amide bonds. The molecule has 24 heavy (non-hydrogen) atoms. The van der Waals surface area contributed by atoms with Crippen molar-refractivity contribution in [1.82, 2.24) is 20.1 Å². The molecule has 1 aliphatic carbocycles. The molecule has 130 valence electrons. The van der Waals surface area contributed by atoms with Crippen molar-refractivity contribution in [3.8, 4) is 11.4 Å². The second-order valence-corrected chi connectivity index (χ2v) is 7.42. The van der Waals surface area contributed by atoms with Gasteiger partial charge < -0.3 is 14.3 Å². The highest BCUT2D eigenvalue weighted by Crippen LogP contribution is 2.26. The van der Waals surface area contributed by atoms with Crippen molar-refractivity contribution >= 4 is 17.7 Å². The Bertz CT molecular complexity index is 709. The molecule has 1 saturated carbocycles. The highest BCUT2D eigenvalue weighted by Gasteiger charge is 2.23. The van der Waals surface area contributed by atoms with E-state index >= 15 is 0 Å². The van der Waals surface area contributed by atoms with Crippen molar-refractivity contribution in [1.29, 1.82) is 0 Å². The Morgan fingerprint density at radius 3 is 2.92 bits per heavy atom. The molecule has 1 aliphatic rings. The lowest BCUT2D eigenvalue weighted by atomic mass is 9.86. The van der Waals surface area contributed by atoms with Gasteiger partial charge in [-0.2, -0.15) is 0 Å². The molecular formula is C17H24N4O2S. The number of aromatic nitrogens is 3. The van der Waals surface area contributed by atoms with E-state index in [1.165, 1.54) is 31.0 Å². The van der Waals surface area contributed by atoms with Gasteiger partial charge in [0, 0.05) is 13.1 Å². The van der Waals surface area contributed by atoms with Crippen LogP contribution in [0.15, 0.2) is 21.9 Å². The van der Waals surface area contributed by atoms with Crippen molar-refractivity contribution in [2.45, 2.75) is 50.7 Å². The van der Waals surface area contributed by atoms with Gasteiger partial charge in [-0.15, -0.1) is 10.2 Å². The molecule has 0 spiro atoms. The third-order valence-electron chi connectivity index (χ3n) is 4.72. The quantitative estimate of drug-likeness (QED) is 0.840. The zero-order chi connectivity index (χ0) is 17.1. The zero-order valence-electron chi connectivity index (χ0n) is 14.4. The molecule has 1 fully saturated rings. The highest BCUT2D eigenvalue weighted by atomic mass is 32.2. The van der Waals surface area contributed by atoms with Crippen LogP contribution in [-0.2, 0) is 11.8 Å². The SMILES string of the molecule is Cc1occc1-c1nnc(SCC(=O)N[C@H]2CCCC[C@@H]2C)n1C. The van der Waals surface area contributed by atoms with Crippen molar-refractivity contribution < 1.29 is 9.21 Å². The minimum Gasteiger partial charge on any atom is -0.469 e. The number of rotatable bonds is 5. The number of amides is 1. The largest absolute Gasteiger partial charge is 0.469 e. The fourth-order valence-electron chi connectivity index (χ4n) is 3.20. The lowest BCUT2D eigenvalue weighted by Crippen LogP contribution is -2.41. The molecule has 6 nitrogen and oxygen atoms in total. The molecule has 0 aromatic carbocycles. The monoisotopic (exact) mass is 348 g/mol.